The lowest BCUT2D eigenvalue weighted by molar-refractivity contribution is 0.0524. The Hall–Kier alpha value is -2.45. The minimum Gasteiger partial charge on any atom is -0.462 e. The summed E-state index contributed by atoms with van der Waals surface area (Å²) < 4.78 is 28.4. The molecule has 0 amide bonds. The van der Waals surface area contributed by atoms with Gasteiger partial charge in [-0.25, -0.2) is 9.18 Å². The first kappa shape index (κ1) is 19.5. The topological polar surface area (TPSA) is 86.8 Å². The second kappa shape index (κ2) is 7.35. The minimum absolute atomic E-state index is 0.0101. The summed E-state index contributed by atoms with van der Waals surface area (Å²) in [6, 6.07) is 1.43. The van der Waals surface area contributed by atoms with Gasteiger partial charge in [0.15, 0.2) is 0 Å². The lowest BCUT2D eigenvalue weighted by atomic mass is 10.0. The number of aromatic nitrogens is 1. The molecule has 0 bridgehead atoms. The number of esters is 1. The van der Waals surface area contributed by atoms with Crippen LogP contribution in [0.3, 0.4) is 0 Å². The van der Waals surface area contributed by atoms with Crippen LogP contribution >= 0.6 is 0 Å². The minimum atomic E-state index is -0.673. The van der Waals surface area contributed by atoms with Crippen molar-refractivity contribution in [2.24, 2.45) is 5.73 Å². The largest absolute Gasteiger partial charge is 0.462 e. The number of nitrogens with zero attached hydrogens (tertiary/aromatic N) is 2. The molecule has 8 heteroatoms. The predicted octanol–water partition coefficient (Wildman–Crippen LogP) is 2.48. The summed E-state index contributed by atoms with van der Waals surface area (Å²) in [6.07, 6.45) is 5.02. The highest BCUT2D eigenvalue weighted by molar-refractivity contribution is 5.96. The molecule has 3 heterocycles. The molecule has 160 valence electrons. The van der Waals surface area contributed by atoms with Gasteiger partial charge in [-0.1, -0.05) is 0 Å². The Kier molecular flexibility index (Phi) is 4.78. The van der Waals surface area contributed by atoms with Gasteiger partial charge in [-0.2, -0.15) is 0 Å². The second-order valence-electron chi connectivity index (χ2n) is 8.37. The molecule has 2 atom stereocenters. The van der Waals surface area contributed by atoms with Gasteiger partial charge < -0.3 is 24.7 Å². The maximum atomic E-state index is 15.5. The normalized spacial score (nSPS) is 23.6. The van der Waals surface area contributed by atoms with Crippen molar-refractivity contribution in [1.82, 2.24) is 4.57 Å². The highest BCUT2D eigenvalue weighted by atomic mass is 19.1. The number of carbonyl (C=O) groups is 1. The average Bonchev–Trinajstić information content (AvgIpc) is 3.48. The van der Waals surface area contributed by atoms with E-state index < -0.39 is 17.2 Å². The van der Waals surface area contributed by atoms with Crippen LogP contribution in [0.2, 0.25) is 0 Å². The molecule has 1 aromatic carbocycles. The molecule has 5 rings (SSSR count). The van der Waals surface area contributed by atoms with Gasteiger partial charge in [0.2, 0.25) is 5.43 Å². The third-order valence-corrected chi connectivity index (χ3v) is 6.46. The zero-order chi connectivity index (χ0) is 21.0. The van der Waals surface area contributed by atoms with Crippen LogP contribution in [0.4, 0.5) is 10.1 Å². The number of hydrogen-bond donors (Lipinski definition) is 1. The van der Waals surface area contributed by atoms with Crippen LogP contribution in [0.5, 0.6) is 0 Å². The fourth-order valence-corrected chi connectivity index (χ4v) is 4.90. The first-order valence-corrected chi connectivity index (χ1v) is 10.7. The molecule has 1 saturated heterocycles. The highest BCUT2D eigenvalue weighted by Gasteiger charge is 2.37. The Balaban J connectivity index is 1.80. The van der Waals surface area contributed by atoms with Crippen LogP contribution in [-0.2, 0) is 16.1 Å². The van der Waals surface area contributed by atoms with Crippen LogP contribution in [0.1, 0.15) is 54.6 Å². The van der Waals surface area contributed by atoms with Crippen LogP contribution in [0.25, 0.3) is 10.9 Å². The van der Waals surface area contributed by atoms with E-state index in [1.54, 1.807) is 13.1 Å². The van der Waals surface area contributed by atoms with Gasteiger partial charge in [0.05, 0.1) is 24.4 Å². The quantitative estimate of drug-likeness (QED) is 0.775. The Bertz CT molecular complexity index is 1080. The van der Waals surface area contributed by atoms with Gasteiger partial charge in [0, 0.05) is 48.4 Å². The van der Waals surface area contributed by atoms with Crippen molar-refractivity contribution in [2.75, 3.05) is 24.7 Å². The summed E-state index contributed by atoms with van der Waals surface area (Å²) in [5, 5.41) is 0.202. The van der Waals surface area contributed by atoms with E-state index in [0.717, 1.165) is 25.7 Å². The Morgan fingerprint density at radius 1 is 1.33 bits per heavy atom. The Morgan fingerprint density at radius 3 is 2.87 bits per heavy atom. The van der Waals surface area contributed by atoms with Crippen molar-refractivity contribution < 1.29 is 18.7 Å². The van der Waals surface area contributed by atoms with Crippen LogP contribution in [0, 0.1) is 5.82 Å². The Labute approximate surface area is 173 Å². The molecule has 2 fully saturated rings. The maximum absolute atomic E-state index is 15.5. The van der Waals surface area contributed by atoms with Crippen molar-refractivity contribution in [3.63, 3.8) is 0 Å². The fraction of sp³-hybridized carbons (Fsp3) is 0.545. The summed E-state index contributed by atoms with van der Waals surface area (Å²) in [6.45, 7) is 3.28. The number of halogens is 1. The van der Waals surface area contributed by atoms with E-state index in [1.807, 2.05) is 4.57 Å². The molecule has 1 saturated carbocycles. The molecular weight excluding hydrogens is 389 g/mol. The van der Waals surface area contributed by atoms with Crippen molar-refractivity contribution in [3.05, 3.63) is 39.4 Å². The van der Waals surface area contributed by atoms with Crippen LogP contribution < -0.4 is 16.1 Å². The molecule has 2 aliphatic heterocycles. The van der Waals surface area contributed by atoms with Crippen molar-refractivity contribution in [2.45, 2.75) is 57.3 Å². The molecule has 2 aromatic rings. The third-order valence-electron chi connectivity index (χ3n) is 6.46. The highest BCUT2D eigenvalue weighted by Crippen LogP contribution is 2.42. The van der Waals surface area contributed by atoms with Gasteiger partial charge in [0.25, 0.3) is 0 Å². The first-order valence-electron chi connectivity index (χ1n) is 10.7. The lowest BCUT2D eigenvalue weighted by Crippen LogP contribution is -2.42. The van der Waals surface area contributed by atoms with Crippen LogP contribution in [-0.4, -0.2) is 42.4 Å². The zero-order valence-corrected chi connectivity index (χ0v) is 17.0. The van der Waals surface area contributed by atoms with E-state index in [-0.39, 0.29) is 42.3 Å². The van der Waals surface area contributed by atoms with E-state index in [1.165, 1.54) is 6.07 Å². The van der Waals surface area contributed by atoms with E-state index in [2.05, 4.69) is 4.90 Å². The number of ether oxygens (including phenoxy) is 2. The number of rotatable bonds is 3. The molecule has 1 aromatic heterocycles. The van der Waals surface area contributed by atoms with Gasteiger partial charge >= 0.3 is 5.97 Å². The van der Waals surface area contributed by atoms with Gasteiger partial charge in [-0.15, -0.1) is 0 Å². The smallest absolute Gasteiger partial charge is 0.343 e. The second-order valence-corrected chi connectivity index (χ2v) is 8.37. The van der Waals surface area contributed by atoms with Gasteiger partial charge in [0.1, 0.15) is 11.4 Å². The SMILES string of the molecule is CCOC(=O)c1cn(C2CC2)c2c3c(c(F)cc2c1=O)N1CCC(N)C1CCOC3. The number of hydrogen-bond acceptors (Lipinski definition) is 6. The summed E-state index contributed by atoms with van der Waals surface area (Å²) in [5.41, 5.74) is 7.56. The molecule has 3 aliphatic rings. The third kappa shape index (κ3) is 3.01. The Morgan fingerprint density at radius 2 is 2.13 bits per heavy atom. The number of fused-ring (bicyclic) bond motifs is 5. The molecule has 2 N–H and O–H groups in total. The fourth-order valence-electron chi connectivity index (χ4n) is 4.90. The average molecular weight is 415 g/mol. The molecule has 7 nitrogen and oxygen atoms in total. The number of pyridine rings is 1. The zero-order valence-electron chi connectivity index (χ0n) is 17.0. The van der Waals surface area contributed by atoms with E-state index in [9.17, 15) is 9.59 Å². The number of anilines is 1. The van der Waals surface area contributed by atoms with Crippen molar-refractivity contribution in [1.29, 1.82) is 0 Å². The van der Waals surface area contributed by atoms with E-state index >= 15 is 4.39 Å². The monoisotopic (exact) mass is 415 g/mol. The molecule has 30 heavy (non-hydrogen) atoms. The summed E-state index contributed by atoms with van der Waals surface area (Å²) >= 11 is 0. The van der Waals surface area contributed by atoms with Crippen LogP contribution in [0.15, 0.2) is 17.1 Å². The number of nitrogens with two attached hydrogens (primary N) is 1. The summed E-state index contributed by atoms with van der Waals surface area (Å²) in [7, 11) is 0. The van der Waals surface area contributed by atoms with E-state index in [0.29, 0.717) is 29.9 Å². The molecule has 2 unspecified atom stereocenters. The van der Waals surface area contributed by atoms with Crippen molar-refractivity contribution in [3.8, 4) is 0 Å². The molecule has 0 spiro atoms. The van der Waals surface area contributed by atoms with Gasteiger partial charge in [-0.3, -0.25) is 4.79 Å². The standard InChI is InChI=1S/C22H26FN3O4/c1-2-30-22(28)14-10-26(12-3-4-12)19-13(21(14)27)9-16(23)20-15(19)11-29-8-6-18-17(24)5-7-25(18)20/h9-10,12,17-18H,2-8,11,24H2,1H3. The molecule has 1 aliphatic carbocycles. The number of carbonyl (C=O) groups excluding carboxylic acids is 1. The first-order chi connectivity index (χ1) is 14.5. The molecule has 0 radical (unpaired) electrons. The van der Waals surface area contributed by atoms with Gasteiger partial charge in [-0.05, 0) is 38.7 Å². The van der Waals surface area contributed by atoms with Crippen molar-refractivity contribution >= 4 is 22.6 Å². The molecular formula is C22H26FN3O4. The predicted molar refractivity (Wildman–Crippen MR) is 110 cm³/mol. The summed E-state index contributed by atoms with van der Waals surface area (Å²) in [4.78, 5) is 27.6. The maximum Gasteiger partial charge on any atom is 0.343 e. The lowest BCUT2D eigenvalue weighted by Gasteiger charge is -2.33. The summed E-state index contributed by atoms with van der Waals surface area (Å²) in [5.74, 6) is -1.14. The van der Waals surface area contributed by atoms with E-state index in [4.69, 9.17) is 15.2 Å². The number of benzene rings is 1.